The van der Waals surface area contributed by atoms with Gasteiger partial charge in [0, 0.05) is 11.1 Å². The number of benzene rings is 2. The Labute approximate surface area is 188 Å². The maximum absolute atomic E-state index is 13.5. The second kappa shape index (κ2) is 8.84. The molecule has 4 rings (SSSR count). The third-order valence-corrected chi connectivity index (χ3v) is 6.16. The number of aromatic hydroxyl groups is 1. The molecule has 1 unspecified atom stereocenters. The third-order valence-electron chi connectivity index (χ3n) is 5.17. The van der Waals surface area contributed by atoms with E-state index < -0.39 is 12.0 Å². The molecule has 1 aromatic heterocycles. The van der Waals surface area contributed by atoms with Gasteiger partial charge in [-0.1, -0.05) is 47.7 Å². The molecule has 1 aliphatic heterocycles. The fourth-order valence-corrected chi connectivity index (χ4v) is 4.77. The molecule has 1 atom stereocenters. The lowest BCUT2D eigenvalue weighted by Gasteiger charge is -2.25. The Morgan fingerprint density at radius 3 is 2.66 bits per heavy atom. The quantitative estimate of drug-likeness (QED) is 0.604. The van der Waals surface area contributed by atoms with E-state index in [4.69, 9.17) is 9.47 Å². The molecule has 1 aliphatic rings. The summed E-state index contributed by atoms with van der Waals surface area (Å²) in [6.07, 6.45) is 1.63. The summed E-state index contributed by atoms with van der Waals surface area (Å²) in [7, 11) is 1.54. The summed E-state index contributed by atoms with van der Waals surface area (Å²) in [6.45, 7) is 3.66. The molecule has 0 amide bonds. The molecule has 1 N–H and O–H groups in total. The number of carbonyl (C=O) groups is 1. The molecule has 0 aliphatic carbocycles. The molecule has 2 aromatic carbocycles. The van der Waals surface area contributed by atoms with E-state index in [2.05, 4.69) is 4.99 Å². The highest BCUT2D eigenvalue weighted by molar-refractivity contribution is 7.07. The Balaban J connectivity index is 2.01. The van der Waals surface area contributed by atoms with Crippen molar-refractivity contribution in [3.05, 3.63) is 90.6 Å². The number of nitrogens with zero attached hydrogens (tertiary/aromatic N) is 2. The molecule has 8 heteroatoms. The standard InChI is InChI=1S/C24H22N2O5S/c1-4-31-23(29)20-14(2)25-24-26(21(20)16-10-6-8-12-18(16)30-3)22(28)19(32-24)13-15-9-5-7-11-17(15)27/h5-13,21,27H,4H2,1-3H3. The Kier molecular flexibility index (Phi) is 5.96. The van der Waals surface area contributed by atoms with Gasteiger partial charge in [0.1, 0.15) is 17.5 Å². The summed E-state index contributed by atoms with van der Waals surface area (Å²) in [6, 6.07) is 13.3. The van der Waals surface area contributed by atoms with E-state index in [-0.39, 0.29) is 23.5 Å². The summed E-state index contributed by atoms with van der Waals surface area (Å²) in [5.41, 5.74) is 1.63. The van der Waals surface area contributed by atoms with E-state index in [1.165, 1.54) is 15.9 Å². The minimum Gasteiger partial charge on any atom is -0.507 e. The number of carbonyl (C=O) groups excluding carboxylic acids is 1. The van der Waals surface area contributed by atoms with Crippen LogP contribution in [-0.4, -0.2) is 29.4 Å². The highest BCUT2D eigenvalue weighted by atomic mass is 32.1. The number of para-hydroxylation sites is 2. The summed E-state index contributed by atoms with van der Waals surface area (Å²) < 4.78 is 12.7. The van der Waals surface area contributed by atoms with Crippen LogP contribution in [0.2, 0.25) is 0 Å². The Morgan fingerprint density at radius 1 is 1.22 bits per heavy atom. The van der Waals surface area contributed by atoms with Crippen LogP contribution in [0.3, 0.4) is 0 Å². The number of methoxy groups -OCH3 is 1. The fourth-order valence-electron chi connectivity index (χ4n) is 3.73. The Hall–Kier alpha value is -3.65. The number of rotatable bonds is 5. The van der Waals surface area contributed by atoms with Crippen molar-refractivity contribution >= 4 is 23.4 Å². The van der Waals surface area contributed by atoms with Crippen molar-refractivity contribution in [1.29, 1.82) is 0 Å². The summed E-state index contributed by atoms with van der Waals surface area (Å²) >= 11 is 1.20. The van der Waals surface area contributed by atoms with E-state index in [0.29, 0.717) is 31.9 Å². The van der Waals surface area contributed by atoms with Crippen LogP contribution >= 0.6 is 11.3 Å². The molecule has 7 nitrogen and oxygen atoms in total. The monoisotopic (exact) mass is 450 g/mol. The summed E-state index contributed by atoms with van der Waals surface area (Å²) in [5.74, 6) is 0.0897. The molecule has 3 aromatic rings. The topological polar surface area (TPSA) is 90.1 Å². The van der Waals surface area contributed by atoms with Crippen LogP contribution in [0.25, 0.3) is 6.08 Å². The van der Waals surface area contributed by atoms with Gasteiger partial charge in [0.2, 0.25) is 0 Å². The molecular weight excluding hydrogens is 428 g/mol. The van der Waals surface area contributed by atoms with Crippen LogP contribution in [0.1, 0.15) is 31.0 Å². The highest BCUT2D eigenvalue weighted by Gasteiger charge is 2.34. The molecule has 0 fully saturated rings. The molecule has 0 spiro atoms. The maximum atomic E-state index is 13.5. The summed E-state index contributed by atoms with van der Waals surface area (Å²) in [4.78, 5) is 31.5. The van der Waals surface area contributed by atoms with Crippen LogP contribution in [0.5, 0.6) is 11.5 Å². The lowest BCUT2D eigenvalue weighted by Crippen LogP contribution is -2.40. The number of thiazole rings is 1. The van der Waals surface area contributed by atoms with Gasteiger partial charge in [-0.3, -0.25) is 9.36 Å². The van der Waals surface area contributed by atoms with Gasteiger partial charge in [-0.25, -0.2) is 9.79 Å². The number of hydrogen-bond donors (Lipinski definition) is 1. The second-order valence-corrected chi connectivity index (χ2v) is 8.11. The third kappa shape index (κ3) is 3.73. The minimum absolute atomic E-state index is 0.0722. The maximum Gasteiger partial charge on any atom is 0.338 e. The van der Waals surface area contributed by atoms with Crippen LogP contribution in [0.15, 0.2) is 69.6 Å². The minimum atomic E-state index is -0.757. The number of ether oxygens (including phenoxy) is 2. The van der Waals surface area contributed by atoms with Crippen molar-refractivity contribution in [1.82, 2.24) is 4.57 Å². The SMILES string of the molecule is CCOC(=O)C1=C(C)N=c2sc(=Cc3ccccc3O)c(=O)n2C1c1ccccc1OC. The van der Waals surface area contributed by atoms with Gasteiger partial charge in [-0.2, -0.15) is 0 Å². The first kappa shape index (κ1) is 21.6. The first-order chi connectivity index (χ1) is 15.5. The van der Waals surface area contributed by atoms with Crippen molar-refractivity contribution in [2.24, 2.45) is 4.99 Å². The lowest BCUT2D eigenvalue weighted by atomic mass is 9.95. The molecule has 164 valence electrons. The zero-order valence-electron chi connectivity index (χ0n) is 17.9. The van der Waals surface area contributed by atoms with E-state index >= 15 is 0 Å². The first-order valence-corrected chi connectivity index (χ1v) is 10.9. The van der Waals surface area contributed by atoms with E-state index in [9.17, 15) is 14.7 Å². The number of allylic oxidation sites excluding steroid dienone is 1. The van der Waals surface area contributed by atoms with Crippen molar-refractivity contribution < 1.29 is 19.4 Å². The smallest absolute Gasteiger partial charge is 0.338 e. The molecule has 0 radical (unpaired) electrons. The molecule has 0 saturated carbocycles. The zero-order chi connectivity index (χ0) is 22.8. The Bertz CT molecular complexity index is 1400. The van der Waals surface area contributed by atoms with Crippen molar-refractivity contribution in [2.75, 3.05) is 13.7 Å². The average Bonchev–Trinajstić information content (AvgIpc) is 3.09. The van der Waals surface area contributed by atoms with Gasteiger partial charge in [-0.05, 0) is 32.1 Å². The number of phenols is 1. The fraction of sp³-hybridized carbons (Fsp3) is 0.208. The van der Waals surface area contributed by atoms with Crippen molar-refractivity contribution in [2.45, 2.75) is 19.9 Å². The number of phenolic OH excluding ortho intramolecular Hbond substituents is 1. The Morgan fingerprint density at radius 2 is 1.94 bits per heavy atom. The van der Waals surface area contributed by atoms with Crippen LogP contribution in [-0.2, 0) is 9.53 Å². The van der Waals surface area contributed by atoms with Gasteiger partial charge >= 0.3 is 5.97 Å². The van der Waals surface area contributed by atoms with E-state index in [1.807, 2.05) is 18.2 Å². The molecule has 0 bridgehead atoms. The van der Waals surface area contributed by atoms with E-state index in [0.717, 1.165) is 0 Å². The summed E-state index contributed by atoms with van der Waals surface area (Å²) in [5, 5.41) is 10.1. The number of aromatic nitrogens is 1. The van der Waals surface area contributed by atoms with Gasteiger partial charge in [0.05, 0.1) is 29.5 Å². The van der Waals surface area contributed by atoms with Crippen LogP contribution < -0.4 is 19.6 Å². The molecule has 2 heterocycles. The molecule has 0 saturated heterocycles. The van der Waals surface area contributed by atoms with E-state index in [1.54, 1.807) is 57.4 Å². The molecule has 32 heavy (non-hydrogen) atoms. The van der Waals surface area contributed by atoms with Gasteiger partial charge < -0.3 is 14.6 Å². The normalized spacial score (nSPS) is 15.8. The van der Waals surface area contributed by atoms with Crippen LogP contribution in [0, 0.1) is 0 Å². The molecular formula is C24H22N2O5S. The predicted octanol–water partition coefficient (Wildman–Crippen LogP) is 2.51. The zero-order valence-corrected chi connectivity index (χ0v) is 18.7. The number of fused-ring (bicyclic) bond motifs is 1. The van der Waals surface area contributed by atoms with Crippen molar-refractivity contribution in [3.8, 4) is 11.5 Å². The first-order valence-electron chi connectivity index (χ1n) is 10.1. The van der Waals surface area contributed by atoms with Crippen molar-refractivity contribution in [3.63, 3.8) is 0 Å². The van der Waals surface area contributed by atoms with Crippen LogP contribution in [0.4, 0.5) is 0 Å². The van der Waals surface area contributed by atoms with Gasteiger partial charge in [0.15, 0.2) is 4.80 Å². The number of hydrogen-bond acceptors (Lipinski definition) is 7. The largest absolute Gasteiger partial charge is 0.507 e. The second-order valence-electron chi connectivity index (χ2n) is 7.10. The lowest BCUT2D eigenvalue weighted by molar-refractivity contribution is -0.139. The predicted molar refractivity (Wildman–Crippen MR) is 121 cm³/mol. The van der Waals surface area contributed by atoms with Gasteiger partial charge in [0.25, 0.3) is 5.56 Å². The van der Waals surface area contributed by atoms with Gasteiger partial charge in [-0.15, -0.1) is 0 Å². The number of esters is 1. The highest BCUT2D eigenvalue weighted by Crippen LogP contribution is 2.35. The average molecular weight is 451 g/mol.